The number of likely N-dealkylation sites (N-methyl/N-ethyl adjacent to an activating group) is 1. The minimum Gasteiger partial charge on any atom is -0.358 e. The highest BCUT2D eigenvalue weighted by Gasteiger charge is 2.19. The van der Waals surface area contributed by atoms with Crippen molar-refractivity contribution < 1.29 is 4.79 Å². The van der Waals surface area contributed by atoms with E-state index in [0.717, 1.165) is 38.0 Å². The van der Waals surface area contributed by atoms with Gasteiger partial charge in [-0.05, 0) is 12.8 Å². The second-order valence-electron chi connectivity index (χ2n) is 4.85. The maximum Gasteiger partial charge on any atom is 0.233 e. The van der Waals surface area contributed by atoms with E-state index < -0.39 is 0 Å². The molecular formula is C13H21N5O. The molecule has 1 aromatic rings. The largest absolute Gasteiger partial charge is 0.358 e. The fraction of sp³-hybridized carbons (Fsp3) is 0.615. The van der Waals surface area contributed by atoms with Gasteiger partial charge < -0.3 is 10.6 Å². The maximum absolute atomic E-state index is 11.3. The van der Waals surface area contributed by atoms with Gasteiger partial charge in [-0.2, -0.15) is 0 Å². The van der Waals surface area contributed by atoms with E-state index in [9.17, 15) is 4.79 Å². The van der Waals surface area contributed by atoms with E-state index in [4.69, 9.17) is 0 Å². The van der Waals surface area contributed by atoms with Crippen molar-refractivity contribution in [2.45, 2.75) is 25.4 Å². The molecule has 1 aromatic heterocycles. The lowest BCUT2D eigenvalue weighted by Crippen LogP contribution is -2.45. The van der Waals surface area contributed by atoms with E-state index in [0.29, 0.717) is 12.6 Å². The van der Waals surface area contributed by atoms with Crippen molar-refractivity contribution in [2.24, 2.45) is 0 Å². The molecule has 1 amide bonds. The molecule has 0 bridgehead atoms. The Morgan fingerprint density at radius 1 is 1.37 bits per heavy atom. The van der Waals surface area contributed by atoms with Crippen LogP contribution in [0.2, 0.25) is 0 Å². The summed E-state index contributed by atoms with van der Waals surface area (Å²) in [4.78, 5) is 21.5. The molecule has 2 rings (SSSR count). The molecule has 19 heavy (non-hydrogen) atoms. The van der Waals surface area contributed by atoms with Gasteiger partial charge in [0.1, 0.15) is 6.33 Å². The predicted octanol–water partition coefficient (Wildman–Crippen LogP) is -0.223. The Labute approximate surface area is 113 Å². The summed E-state index contributed by atoms with van der Waals surface area (Å²) in [6.07, 6.45) is 7.36. The molecule has 1 aliphatic heterocycles. The fourth-order valence-corrected chi connectivity index (χ4v) is 2.26. The summed E-state index contributed by atoms with van der Waals surface area (Å²) in [6, 6.07) is 0.515. The van der Waals surface area contributed by atoms with Crippen molar-refractivity contribution >= 4 is 5.91 Å². The number of nitrogens with one attached hydrogen (secondary N) is 2. The molecule has 0 spiro atoms. The van der Waals surface area contributed by atoms with Crippen LogP contribution in [0.1, 0.15) is 18.4 Å². The van der Waals surface area contributed by atoms with Crippen LogP contribution in [0, 0.1) is 0 Å². The number of rotatable bonds is 5. The summed E-state index contributed by atoms with van der Waals surface area (Å²) in [7, 11) is 1.68. The van der Waals surface area contributed by atoms with Crippen LogP contribution in [-0.4, -0.2) is 53.5 Å². The van der Waals surface area contributed by atoms with Gasteiger partial charge in [-0.1, -0.05) is 0 Å². The molecule has 6 heteroatoms. The molecule has 0 saturated carbocycles. The third-order valence-electron chi connectivity index (χ3n) is 3.44. The normalized spacial score (nSPS) is 17.3. The van der Waals surface area contributed by atoms with Crippen LogP contribution in [0.5, 0.6) is 0 Å². The lowest BCUT2D eigenvalue weighted by molar-refractivity contribution is -0.122. The molecule has 0 atom stereocenters. The van der Waals surface area contributed by atoms with Crippen molar-refractivity contribution in [1.82, 2.24) is 25.5 Å². The van der Waals surface area contributed by atoms with Gasteiger partial charge >= 0.3 is 0 Å². The van der Waals surface area contributed by atoms with Crippen molar-refractivity contribution in [3.8, 4) is 0 Å². The molecule has 1 aliphatic rings. The predicted molar refractivity (Wildman–Crippen MR) is 72.4 cm³/mol. The number of likely N-dealkylation sites (tertiary alicyclic amines) is 1. The van der Waals surface area contributed by atoms with E-state index in [1.165, 1.54) is 0 Å². The maximum atomic E-state index is 11.3. The smallest absolute Gasteiger partial charge is 0.233 e. The highest BCUT2D eigenvalue weighted by Crippen LogP contribution is 2.10. The van der Waals surface area contributed by atoms with Crippen LogP contribution >= 0.6 is 0 Å². The van der Waals surface area contributed by atoms with Crippen molar-refractivity contribution in [1.29, 1.82) is 0 Å². The molecule has 2 N–H and O–H groups in total. The monoisotopic (exact) mass is 263 g/mol. The molecule has 6 nitrogen and oxygen atoms in total. The Kier molecular flexibility index (Phi) is 5.23. The topological polar surface area (TPSA) is 70.2 Å². The summed E-state index contributed by atoms with van der Waals surface area (Å²) in [5.74, 6) is 0.0906. The minimum atomic E-state index is 0.0906. The molecule has 0 radical (unpaired) electrons. The van der Waals surface area contributed by atoms with E-state index in [1.54, 1.807) is 13.4 Å². The Hall–Kier alpha value is -1.53. The Morgan fingerprint density at radius 2 is 2.05 bits per heavy atom. The Bertz CT molecular complexity index is 389. The molecule has 0 unspecified atom stereocenters. The zero-order chi connectivity index (χ0) is 13.5. The first-order chi connectivity index (χ1) is 9.28. The van der Waals surface area contributed by atoms with Gasteiger partial charge in [-0.3, -0.25) is 9.69 Å². The quantitative estimate of drug-likeness (QED) is 0.768. The summed E-state index contributed by atoms with van der Waals surface area (Å²) >= 11 is 0. The molecule has 104 valence electrons. The number of piperidine rings is 1. The average molecular weight is 263 g/mol. The number of hydrogen-bond donors (Lipinski definition) is 2. The molecule has 1 fully saturated rings. The van der Waals surface area contributed by atoms with Gasteiger partial charge in [0.2, 0.25) is 5.91 Å². The van der Waals surface area contributed by atoms with Gasteiger partial charge in [-0.15, -0.1) is 0 Å². The second-order valence-corrected chi connectivity index (χ2v) is 4.85. The van der Waals surface area contributed by atoms with Crippen LogP contribution < -0.4 is 10.6 Å². The molecule has 2 heterocycles. The highest BCUT2D eigenvalue weighted by atomic mass is 16.1. The van der Waals surface area contributed by atoms with E-state index in [2.05, 4.69) is 25.5 Å². The van der Waals surface area contributed by atoms with Crippen molar-refractivity contribution in [2.75, 3.05) is 26.7 Å². The molecule has 1 saturated heterocycles. The zero-order valence-electron chi connectivity index (χ0n) is 11.3. The van der Waals surface area contributed by atoms with Crippen LogP contribution in [0.3, 0.4) is 0 Å². The number of hydrogen-bond acceptors (Lipinski definition) is 5. The van der Waals surface area contributed by atoms with Crippen LogP contribution in [0.4, 0.5) is 0 Å². The SMILES string of the molecule is CNC(=O)CN1CCC(NCc2cncnc2)CC1. The highest BCUT2D eigenvalue weighted by molar-refractivity contribution is 5.77. The average Bonchev–Trinajstić information content (AvgIpc) is 2.47. The molecule has 0 aromatic carbocycles. The van der Waals surface area contributed by atoms with Gasteiger partial charge in [0, 0.05) is 50.7 Å². The van der Waals surface area contributed by atoms with Crippen LogP contribution in [0.15, 0.2) is 18.7 Å². The summed E-state index contributed by atoms with van der Waals surface area (Å²) in [5.41, 5.74) is 1.11. The Morgan fingerprint density at radius 3 is 2.68 bits per heavy atom. The number of carbonyl (C=O) groups excluding carboxylic acids is 1. The van der Waals surface area contributed by atoms with E-state index in [1.807, 2.05) is 12.4 Å². The summed E-state index contributed by atoms with van der Waals surface area (Å²) in [6.45, 7) is 3.25. The Balaban J connectivity index is 1.67. The first-order valence-electron chi connectivity index (χ1n) is 6.68. The zero-order valence-corrected chi connectivity index (χ0v) is 11.3. The van der Waals surface area contributed by atoms with Crippen molar-refractivity contribution in [3.63, 3.8) is 0 Å². The third kappa shape index (κ3) is 4.57. The van der Waals surface area contributed by atoms with E-state index >= 15 is 0 Å². The number of nitrogens with zero attached hydrogens (tertiary/aromatic N) is 3. The minimum absolute atomic E-state index is 0.0906. The first kappa shape index (κ1) is 13.9. The van der Waals surface area contributed by atoms with Gasteiger partial charge in [0.25, 0.3) is 0 Å². The summed E-state index contributed by atoms with van der Waals surface area (Å²) < 4.78 is 0. The standard InChI is InChI=1S/C13H21N5O/c1-14-13(19)9-18-4-2-12(3-5-18)17-8-11-6-15-10-16-7-11/h6-7,10,12,17H,2-5,8-9H2,1H3,(H,14,19). The van der Waals surface area contributed by atoms with Crippen molar-refractivity contribution in [3.05, 3.63) is 24.3 Å². The second kappa shape index (κ2) is 7.16. The summed E-state index contributed by atoms with van der Waals surface area (Å²) in [5, 5.41) is 6.18. The molecular weight excluding hydrogens is 242 g/mol. The van der Waals surface area contributed by atoms with Crippen LogP contribution in [0.25, 0.3) is 0 Å². The van der Waals surface area contributed by atoms with Gasteiger partial charge in [0.15, 0.2) is 0 Å². The number of carbonyl (C=O) groups is 1. The lowest BCUT2D eigenvalue weighted by Gasteiger charge is -2.31. The lowest BCUT2D eigenvalue weighted by atomic mass is 10.0. The third-order valence-corrected chi connectivity index (χ3v) is 3.44. The number of amides is 1. The van der Waals surface area contributed by atoms with Gasteiger partial charge in [-0.25, -0.2) is 9.97 Å². The van der Waals surface area contributed by atoms with Gasteiger partial charge in [0.05, 0.1) is 6.54 Å². The fourth-order valence-electron chi connectivity index (χ4n) is 2.26. The molecule has 0 aliphatic carbocycles. The van der Waals surface area contributed by atoms with E-state index in [-0.39, 0.29) is 5.91 Å². The first-order valence-corrected chi connectivity index (χ1v) is 6.68. The number of aromatic nitrogens is 2. The van der Waals surface area contributed by atoms with Crippen LogP contribution in [-0.2, 0) is 11.3 Å².